The predicted octanol–water partition coefficient (Wildman–Crippen LogP) is 1.61. The highest BCUT2D eigenvalue weighted by atomic mass is 16.5. The quantitative estimate of drug-likeness (QED) is 0.807. The van der Waals surface area contributed by atoms with Crippen molar-refractivity contribution in [3.8, 4) is 5.75 Å². The molecule has 1 heterocycles. The van der Waals surface area contributed by atoms with E-state index in [1.165, 1.54) is 0 Å². The van der Waals surface area contributed by atoms with E-state index >= 15 is 0 Å². The first-order valence-corrected chi connectivity index (χ1v) is 5.75. The van der Waals surface area contributed by atoms with Crippen molar-refractivity contribution in [2.24, 2.45) is 0 Å². The van der Waals surface area contributed by atoms with E-state index in [-0.39, 0.29) is 17.7 Å². The molecule has 17 heavy (non-hydrogen) atoms. The van der Waals surface area contributed by atoms with E-state index < -0.39 is 0 Å². The van der Waals surface area contributed by atoms with E-state index in [0.29, 0.717) is 19.4 Å². The van der Waals surface area contributed by atoms with Crippen molar-refractivity contribution >= 4 is 11.8 Å². The molecular formula is C13H15NO3. The molecular weight excluding hydrogens is 218 g/mol. The monoisotopic (exact) mass is 233 g/mol. The number of amides is 2. The van der Waals surface area contributed by atoms with Gasteiger partial charge < -0.3 is 4.74 Å². The Kier molecular flexibility index (Phi) is 3.42. The third-order valence-electron chi connectivity index (χ3n) is 2.80. The van der Waals surface area contributed by atoms with Crippen molar-refractivity contribution < 1.29 is 14.3 Å². The van der Waals surface area contributed by atoms with Gasteiger partial charge in [-0.1, -0.05) is 18.2 Å². The van der Waals surface area contributed by atoms with E-state index in [2.05, 4.69) is 5.32 Å². The molecule has 1 aromatic carbocycles. The molecule has 90 valence electrons. The molecule has 1 aromatic rings. The van der Waals surface area contributed by atoms with Crippen LogP contribution >= 0.6 is 0 Å². The Bertz CT molecular complexity index is 426. The summed E-state index contributed by atoms with van der Waals surface area (Å²) in [6, 6.07) is 7.57. The van der Waals surface area contributed by atoms with Crippen LogP contribution in [0.4, 0.5) is 0 Å². The minimum atomic E-state index is -0.211. The van der Waals surface area contributed by atoms with E-state index in [1.807, 2.05) is 31.2 Å². The summed E-state index contributed by atoms with van der Waals surface area (Å²) in [5.41, 5.74) is 0.942. The summed E-state index contributed by atoms with van der Waals surface area (Å²) >= 11 is 0. The van der Waals surface area contributed by atoms with Crippen LogP contribution in [0.1, 0.15) is 31.2 Å². The van der Waals surface area contributed by atoms with Gasteiger partial charge in [-0.3, -0.25) is 14.9 Å². The Hall–Kier alpha value is -1.84. The molecule has 0 bridgehead atoms. The van der Waals surface area contributed by atoms with Gasteiger partial charge in [0.25, 0.3) is 0 Å². The van der Waals surface area contributed by atoms with Gasteiger partial charge in [-0.25, -0.2) is 0 Å². The highest BCUT2D eigenvalue weighted by Gasteiger charge is 2.27. The lowest BCUT2D eigenvalue weighted by atomic mass is 9.89. The molecule has 0 saturated carbocycles. The highest BCUT2D eigenvalue weighted by Crippen LogP contribution is 2.33. The third kappa shape index (κ3) is 2.64. The molecule has 0 aromatic heterocycles. The van der Waals surface area contributed by atoms with Crippen LogP contribution in [0.25, 0.3) is 0 Å². The van der Waals surface area contributed by atoms with Crippen LogP contribution in [-0.4, -0.2) is 18.4 Å². The van der Waals surface area contributed by atoms with Crippen LogP contribution in [0.15, 0.2) is 24.3 Å². The lowest BCUT2D eigenvalue weighted by Gasteiger charge is -2.23. The van der Waals surface area contributed by atoms with Crippen molar-refractivity contribution in [3.63, 3.8) is 0 Å². The summed E-state index contributed by atoms with van der Waals surface area (Å²) in [6.45, 7) is 2.49. The molecule has 1 saturated heterocycles. The molecule has 1 N–H and O–H groups in total. The number of imide groups is 1. The summed E-state index contributed by atoms with van der Waals surface area (Å²) in [7, 11) is 0. The Morgan fingerprint density at radius 1 is 1.24 bits per heavy atom. The summed E-state index contributed by atoms with van der Waals surface area (Å²) in [5.74, 6) is 0.275. The summed E-state index contributed by atoms with van der Waals surface area (Å²) < 4.78 is 5.52. The zero-order valence-corrected chi connectivity index (χ0v) is 9.73. The van der Waals surface area contributed by atoms with E-state index in [0.717, 1.165) is 11.3 Å². The molecule has 0 aliphatic carbocycles. The minimum Gasteiger partial charge on any atom is -0.494 e. The Morgan fingerprint density at radius 2 is 1.88 bits per heavy atom. The van der Waals surface area contributed by atoms with Crippen molar-refractivity contribution in [1.82, 2.24) is 5.32 Å². The maximum absolute atomic E-state index is 11.4. The predicted molar refractivity (Wildman–Crippen MR) is 62.7 cm³/mol. The van der Waals surface area contributed by atoms with Crippen LogP contribution in [-0.2, 0) is 9.59 Å². The fourth-order valence-corrected chi connectivity index (χ4v) is 2.10. The van der Waals surface area contributed by atoms with Crippen molar-refractivity contribution in [1.29, 1.82) is 0 Å². The van der Waals surface area contributed by atoms with Crippen LogP contribution in [0.3, 0.4) is 0 Å². The van der Waals surface area contributed by atoms with Gasteiger partial charge in [0.05, 0.1) is 6.61 Å². The molecule has 1 aliphatic heterocycles. The number of para-hydroxylation sites is 1. The molecule has 1 aliphatic rings. The molecule has 2 amide bonds. The maximum atomic E-state index is 11.4. The molecule has 1 fully saturated rings. The van der Waals surface area contributed by atoms with Gasteiger partial charge >= 0.3 is 0 Å². The number of nitrogens with one attached hydrogen (secondary N) is 1. The minimum absolute atomic E-state index is 0.0704. The third-order valence-corrected chi connectivity index (χ3v) is 2.80. The Labute approximate surface area is 100.0 Å². The van der Waals surface area contributed by atoms with Crippen LogP contribution in [0.2, 0.25) is 0 Å². The molecule has 0 radical (unpaired) electrons. The second-order valence-corrected chi connectivity index (χ2v) is 4.05. The lowest BCUT2D eigenvalue weighted by molar-refractivity contribution is -0.133. The topological polar surface area (TPSA) is 55.4 Å². The first-order chi connectivity index (χ1) is 8.20. The van der Waals surface area contributed by atoms with Gasteiger partial charge in [0.1, 0.15) is 5.75 Å². The zero-order valence-electron chi connectivity index (χ0n) is 9.73. The standard InChI is InChI=1S/C13H15NO3/c1-2-17-11-6-4-3-5-10(11)9-7-12(15)14-13(16)8-9/h3-6,9H,2,7-8H2,1H3,(H,14,15,16). The van der Waals surface area contributed by atoms with E-state index in [9.17, 15) is 9.59 Å². The average molecular weight is 233 g/mol. The number of rotatable bonds is 3. The highest BCUT2D eigenvalue weighted by molar-refractivity contribution is 5.98. The van der Waals surface area contributed by atoms with Crippen molar-refractivity contribution in [2.75, 3.05) is 6.61 Å². The summed E-state index contributed by atoms with van der Waals surface area (Å²) in [6.07, 6.45) is 0.686. The van der Waals surface area contributed by atoms with Gasteiger partial charge in [-0.2, -0.15) is 0 Å². The fourth-order valence-electron chi connectivity index (χ4n) is 2.10. The number of piperidine rings is 1. The van der Waals surface area contributed by atoms with Crippen LogP contribution in [0, 0.1) is 0 Å². The lowest BCUT2D eigenvalue weighted by Crippen LogP contribution is -2.37. The van der Waals surface area contributed by atoms with Gasteiger partial charge in [-0.05, 0) is 18.6 Å². The largest absolute Gasteiger partial charge is 0.494 e. The van der Waals surface area contributed by atoms with Gasteiger partial charge in [-0.15, -0.1) is 0 Å². The molecule has 0 atom stereocenters. The average Bonchev–Trinajstić information content (AvgIpc) is 2.29. The van der Waals surface area contributed by atoms with Gasteiger partial charge in [0.15, 0.2) is 0 Å². The zero-order chi connectivity index (χ0) is 12.3. The van der Waals surface area contributed by atoms with Gasteiger partial charge in [0, 0.05) is 18.8 Å². The second-order valence-electron chi connectivity index (χ2n) is 4.05. The smallest absolute Gasteiger partial charge is 0.227 e. The molecule has 0 unspecified atom stereocenters. The molecule has 0 spiro atoms. The number of hydrogen-bond acceptors (Lipinski definition) is 3. The van der Waals surface area contributed by atoms with Crippen molar-refractivity contribution in [3.05, 3.63) is 29.8 Å². The number of hydrogen-bond donors (Lipinski definition) is 1. The van der Waals surface area contributed by atoms with Gasteiger partial charge in [0.2, 0.25) is 11.8 Å². The molecule has 4 heteroatoms. The SMILES string of the molecule is CCOc1ccccc1C1CC(=O)NC(=O)C1. The second kappa shape index (κ2) is 4.99. The Morgan fingerprint density at radius 3 is 2.53 bits per heavy atom. The van der Waals surface area contributed by atoms with Crippen molar-refractivity contribution in [2.45, 2.75) is 25.7 Å². The number of ether oxygens (including phenoxy) is 1. The Balaban J connectivity index is 2.26. The normalized spacial score (nSPS) is 16.8. The summed E-state index contributed by atoms with van der Waals surface area (Å²) in [5, 5.41) is 2.31. The van der Waals surface area contributed by atoms with E-state index in [1.54, 1.807) is 0 Å². The number of benzene rings is 1. The van der Waals surface area contributed by atoms with Crippen LogP contribution in [0.5, 0.6) is 5.75 Å². The number of carbonyl (C=O) groups is 2. The first-order valence-electron chi connectivity index (χ1n) is 5.75. The maximum Gasteiger partial charge on any atom is 0.227 e. The molecule has 2 rings (SSSR count). The summed E-state index contributed by atoms with van der Waals surface area (Å²) in [4.78, 5) is 22.7. The number of carbonyl (C=O) groups excluding carboxylic acids is 2. The van der Waals surface area contributed by atoms with E-state index in [4.69, 9.17) is 4.74 Å². The molecule has 4 nitrogen and oxygen atoms in total. The van der Waals surface area contributed by atoms with Crippen LogP contribution < -0.4 is 10.1 Å². The first kappa shape index (κ1) is 11.6. The fraction of sp³-hybridized carbons (Fsp3) is 0.385.